The van der Waals surface area contributed by atoms with Gasteiger partial charge in [0.05, 0.1) is 12.4 Å². The Morgan fingerprint density at radius 2 is 1.81 bits per heavy atom. The van der Waals surface area contributed by atoms with Crippen LogP contribution in [0.25, 0.3) is 0 Å². The first-order valence-electron chi connectivity index (χ1n) is 4.97. The molecule has 82 valence electrons. The highest BCUT2D eigenvalue weighted by Gasteiger charge is 2.02. The summed E-state index contributed by atoms with van der Waals surface area (Å²) < 4.78 is 13.3. The second-order valence-electron chi connectivity index (χ2n) is 3.52. The minimum Gasteiger partial charge on any atom is -0.255 e. The van der Waals surface area contributed by atoms with Crippen LogP contribution in [0, 0.1) is 0 Å². The molecule has 1 aromatic heterocycles. The van der Waals surface area contributed by atoms with Gasteiger partial charge in [0.2, 0.25) is 0 Å². The van der Waals surface area contributed by atoms with Crippen molar-refractivity contribution < 1.29 is 8.78 Å². The summed E-state index contributed by atoms with van der Waals surface area (Å²) in [4.78, 5) is 4.83. The Kier molecular flexibility index (Phi) is 3.41. The normalized spacial score (nSPS) is 12.3. The van der Waals surface area contributed by atoms with E-state index in [0.717, 1.165) is 11.4 Å². The second kappa shape index (κ2) is 4.99. The molecular weight excluding hydrogens is 220 g/mol. The maximum Gasteiger partial charge on any atom is 0.187 e. The first kappa shape index (κ1) is 11.0. The van der Waals surface area contributed by atoms with E-state index in [0.29, 0.717) is 0 Å². The van der Waals surface area contributed by atoms with E-state index < -0.39 is 10.8 Å². The maximum atomic E-state index is 11.2. The van der Waals surface area contributed by atoms with Gasteiger partial charge in [-0.1, -0.05) is 12.1 Å². The van der Waals surface area contributed by atoms with Gasteiger partial charge in [0.1, 0.15) is 0 Å². The molecule has 0 saturated heterocycles. The number of nitrogens with zero attached hydrogens (tertiary/aromatic N) is 2. The van der Waals surface area contributed by atoms with Crippen LogP contribution in [0.15, 0.2) is 53.9 Å². The fourth-order valence-electron chi connectivity index (χ4n) is 1.45. The lowest BCUT2D eigenvalue weighted by Gasteiger charge is -1.99. The van der Waals surface area contributed by atoms with Gasteiger partial charge in [-0.05, 0) is 12.1 Å². The Morgan fingerprint density at radius 1 is 1.19 bits per heavy atom. The molecule has 0 bridgehead atoms. The molecule has 0 aliphatic carbocycles. The van der Waals surface area contributed by atoms with E-state index in [9.17, 15) is 4.21 Å². The minimum atomic E-state index is -0.900. The van der Waals surface area contributed by atoms with Gasteiger partial charge in [-0.25, -0.2) is 0 Å². The molecule has 1 heterocycles. The van der Waals surface area contributed by atoms with Crippen molar-refractivity contribution in [3.05, 3.63) is 54.6 Å². The van der Waals surface area contributed by atoms with Crippen molar-refractivity contribution in [2.75, 3.05) is 6.26 Å². The Bertz CT molecular complexity index is 482. The molecule has 16 heavy (non-hydrogen) atoms. The average Bonchev–Trinajstić information content (AvgIpc) is 2.31. The van der Waals surface area contributed by atoms with E-state index in [4.69, 9.17) is 0 Å². The molecule has 2 aromatic rings. The van der Waals surface area contributed by atoms with Crippen LogP contribution >= 0.6 is 0 Å². The lowest BCUT2D eigenvalue weighted by atomic mass is 10.2. The zero-order valence-corrected chi connectivity index (χ0v) is 9.85. The lowest BCUT2D eigenvalue weighted by Crippen LogP contribution is -2.33. The van der Waals surface area contributed by atoms with Crippen molar-refractivity contribution in [1.29, 1.82) is 0 Å². The number of hydrogen-bond acceptors (Lipinski definition) is 2. The lowest BCUT2D eigenvalue weighted by molar-refractivity contribution is -0.688. The molecule has 4 heteroatoms. The van der Waals surface area contributed by atoms with Gasteiger partial charge in [-0.3, -0.25) is 9.19 Å². The van der Waals surface area contributed by atoms with Crippen LogP contribution in [0.2, 0.25) is 0 Å². The van der Waals surface area contributed by atoms with E-state index in [1.165, 1.54) is 5.56 Å². The molecular formula is C12H13N2OS+. The van der Waals surface area contributed by atoms with E-state index in [1.807, 2.05) is 41.2 Å². The van der Waals surface area contributed by atoms with Crippen molar-refractivity contribution in [3.8, 4) is 0 Å². The topological polar surface area (TPSA) is 33.8 Å². The molecule has 3 nitrogen and oxygen atoms in total. The summed E-state index contributed by atoms with van der Waals surface area (Å²) in [5.41, 5.74) is 1.19. The standard InChI is InChI=1S/C12H13N2OS/c1-16(15)12-4-2-11(3-5-12)10-14-8-6-13-7-9-14/h2-9H,10H2,1H3/q+1. The molecule has 0 aliphatic heterocycles. The van der Waals surface area contributed by atoms with Crippen molar-refractivity contribution in [1.82, 2.24) is 4.98 Å². The van der Waals surface area contributed by atoms with Crippen LogP contribution in [0.4, 0.5) is 0 Å². The van der Waals surface area contributed by atoms with E-state index in [1.54, 1.807) is 18.6 Å². The molecule has 0 radical (unpaired) electrons. The Balaban J connectivity index is 2.14. The SMILES string of the molecule is CS(=O)c1ccc(C[n+]2ccncc2)cc1. The fourth-order valence-corrected chi connectivity index (χ4v) is 1.97. The largest absolute Gasteiger partial charge is 0.255 e. The highest BCUT2D eigenvalue weighted by atomic mass is 32.2. The van der Waals surface area contributed by atoms with Crippen molar-refractivity contribution >= 4 is 10.8 Å². The number of benzene rings is 1. The number of aromatic nitrogens is 2. The number of hydrogen-bond donors (Lipinski definition) is 0. The van der Waals surface area contributed by atoms with Gasteiger partial charge >= 0.3 is 0 Å². The molecule has 0 N–H and O–H groups in total. The second-order valence-corrected chi connectivity index (χ2v) is 4.90. The molecule has 0 saturated carbocycles. The molecule has 0 aliphatic rings. The predicted molar refractivity (Wildman–Crippen MR) is 62.3 cm³/mol. The third-order valence-electron chi connectivity index (χ3n) is 2.31. The highest BCUT2D eigenvalue weighted by Crippen LogP contribution is 2.07. The van der Waals surface area contributed by atoms with Gasteiger partial charge in [-0.15, -0.1) is 0 Å². The molecule has 0 spiro atoms. The summed E-state index contributed by atoms with van der Waals surface area (Å²) in [6, 6.07) is 7.83. The van der Waals surface area contributed by atoms with Crippen LogP contribution in [-0.4, -0.2) is 15.4 Å². The predicted octanol–water partition coefficient (Wildman–Crippen LogP) is 1.15. The first-order valence-corrected chi connectivity index (χ1v) is 6.53. The van der Waals surface area contributed by atoms with Gasteiger partial charge < -0.3 is 0 Å². The smallest absolute Gasteiger partial charge is 0.187 e. The highest BCUT2D eigenvalue weighted by molar-refractivity contribution is 7.84. The third kappa shape index (κ3) is 2.73. The zero-order valence-electron chi connectivity index (χ0n) is 9.04. The van der Waals surface area contributed by atoms with Crippen LogP contribution in [0.3, 0.4) is 0 Å². The maximum absolute atomic E-state index is 11.2. The van der Waals surface area contributed by atoms with Crippen molar-refractivity contribution in [2.24, 2.45) is 0 Å². The molecule has 2 rings (SSSR count). The zero-order chi connectivity index (χ0) is 11.4. The van der Waals surface area contributed by atoms with Crippen molar-refractivity contribution in [3.63, 3.8) is 0 Å². The van der Waals surface area contributed by atoms with E-state index in [2.05, 4.69) is 4.98 Å². The molecule has 1 aromatic carbocycles. The van der Waals surface area contributed by atoms with Crippen LogP contribution in [-0.2, 0) is 17.3 Å². The average molecular weight is 233 g/mol. The Labute approximate surface area is 97.2 Å². The van der Waals surface area contributed by atoms with E-state index in [-0.39, 0.29) is 0 Å². The first-order chi connectivity index (χ1) is 7.75. The summed E-state index contributed by atoms with van der Waals surface area (Å²) in [5, 5.41) is 0. The molecule has 1 atom stereocenters. The Hall–Kier alpha value is -1.55. The third-order valence-corrected chi connectivity index (χ3v) is 3.24. The summed E-state index contributed by atoms with van der Waals surface area (Å²) in [6.45, 7) is 0.805. The van der Waals surface area contributed by atoms with Crippen molar-refractivity contribution in [2.45, 2.75) is 11.4 Å². The van der Waals surface area contributed by atoms with E-state index >= 15 is 0 Å². The van der Waals surface area contributed by atoms with Gasteiger partial charge in [0.15, 0.2) is 18.9 Å². The van der Waals surface area contributed by atoms with Crippen LogP contribution < -0.4 is 4.57 Å². The van der Waals surface area contributed by atoms with Gasteiger partial charge in [0.25, 0.3) is 0 Å². The Morgan fingerprint density at radius 3 is 2.38 bits per heavy atom. The fraction of sp³-hybridized carbons (Fsp3) is 0.167. The van der Waals surface area contributed by atoms with Gasteiger partial charge in [-0.2, -0.15) is 4.57 Å². The summed E-state index contributed by atoms with van der Waals surface area (Å²) in [6.07, 6.45) is 9.05. The van der Waals surface area contributed by atoms with Gasteiger partial charge in [0, 0.05) is 27.5 Å². The molecule has 0 fully saturated rings. The summed E-state index contributed by atoms with van der Waals surface area (Å²) in [7, 11) is -0.900. The summed E-state index contributed by atoms with van der Waals surface area (Å²) in [5.74, 6) is 0. The molecule has 1 unspecified atom stereocenters. The van der Waals surface area contributed by atoms with Crippen LogP contribution in [0.1, 0.15) is 5.56 Å². The summed E-state index contributed by atoms with van der Waals surface area (Å²) >= 11 is 0. The minimum absolute atomic E-state index is 0.805. The number of rotatable bonds is 3. The van der Waals surface area contributed by atoms with Crippen LogP contribution in [0.5, 0.6) is 0 Å². The monoisotopic (exact) mass is 233 g/mol. The quantitative estimate of drug-likeness (QED) is 0.745. The molecule has 0 amide bonds.